The molecule has 0 spiro atoms. The fraction of sp³-hybridized carbons (Fsp3) is 0.500. The number of halogens is 1. The van der Waals surface area contributed by atoms with Gasteiger partial charge in [-0.1, -0.05) is 11.6 Å². The minimum absolute atomic E-state index is 0.301. The van der Waals surface area contributed by atoms with Gasteiger partial charge in [0.05, 0.1) is 5.02 Å². The van der Waals surface area contributed by atoms with Crippen molar-refractivity contribution in [2.45, 2.75) is 13.0 Å². The molecule has 0 aliphatic carbocycles. The second kappa shape index (κ2) is 4.91. The number of likely N-dealkylation sites (N-methyl/N-ethyl adjacent to an activating group) is 1. The standard InChI is InChI=1S/C12H15ClN4/c1-9-8-16(2)5-6-17(9)12-4-3-10(13)11(7-14)15-12/h3-4,9H,5-6,8H2,1-2H3/t9-/m1/s1. The van der Waals surface area contributed by atoms with E-state index in [4.69, 9.17) is 16.9 Å². The van der Waals surface area contributed by atoms with Crippen molar-refractivity contribution in [3.05, 3.63) is 22.8 Å². The molecule has 2 heterocycles. The Morgan fingerprint density at radius 1 is 1.47 bits per heavy atom. The van der Waals surface area contributed by atoms with Gasteiger partial charge >= 0.3 is 0 Å². The molecule has 5 heteroatoms. The maximum atomic E-state index is 8.93. The maximum Gasteiger partial charge on any atom is 0.161 e. The Hall–Kier alpha value is -1.31. The molecule has 1 fully saturated rings. The third-order valence-electron chi connectivity index (χ3n) is 3.06. The van der Waals surface area contributed by atoms with Gasteiger partial charge in [0.15, 0.2) is 5.69 Å². The lowest BCUT2D eigenvalue weighted by Crippen LogP contribution is -2.50. The molecule has 4 nitrogen and oxygen atoms in total. The van der Waals surface area contributed by atoms with Gasteiger partial charge in [-0.2, -0.15) is 5.26 Å². The monoisotopic (exact) mass is 250 g/mol. The Balaban J connectivity index is 2.26. The zero-order valence-corrected chi connectivity index (χ0v) is 10.8. The average molecular weight is 251 g/mol. The SMILES string of the molecule is C[C@@H]1CN(C)CCN1c1ccc(Cl)c(C#N)n1. The molecule has 0 amide bonds. The first-order chi connectivity index (χ1) is 8.11. The smallest absolute Gasteiger partial charge is 0.161 e. The van der Waals surface area contributed by atoms with Crippen molar-refractivity contribution < 1.29 is 0 Å². The first-order valence-electron chi connectivity index (χ1n) is 5.63. The summed E-state index contributed by atoms with van der Waals surface area (Å²) in [5, 5.41) is 9.34. The zero-order chi connectivity index (χ0) is 12.4. The highest BCUT2D eigenvalue weighted by molar-refractivity contribution is 6.31. The highest BCUT2D eigenvalue weighted by atomic mass is 35.5. The molecule has 0 unspecified atom stereocenters. The number of hydrogen-bond acceptors (Lipinski definition) is 4. The van der Waals surface area contributed by atoms with Crippen molar-refractivity contribution in [3.63, 3.8) is 0 Å². The van der Waals surface area contributed by atoms with E-state index >= 15 is 0 Å². The van der Waals surface area contributed by atoms with Gasteiger partial charge in [0, 0.05) is 25.7 Å². The molecule has 0 radical (unpaired) electrons. The summed E-state index contributed by atoms with van der Waals surface area (Å²) in [6.45, 7) is 5.11. The number of hydrogen-bond donors (Lipinski definition) is 0. The minimum Gasteiger partial charge on any atom is -0.351 e. The summed E-state index contributed by atoms with van der Waals surface area (Å²) in [6, 6.07) is 6.04. The number of aromatic nitrogens is 1. The first kappa shape index (κ1) is 12.2. The second-order valence-corrected chi connectivity index (χ2v) is 4.82. The molecule has 1 aromatic rings. The molecular weight excluding hydrogens is 236 g/mol. The predicted octanol–water partition coefficient (Wildman–Crippen LogP) is 1.75. The van der Waals surface area contributed by atoms with Gasteiger partial charge in [-0.3, -0.25) is 0 Å². The molecule has 90 valence electrons. The molecule has 1 aromatic heterocycles. The van der Waals surface area contributed by atoms with E-state index in [1.165, 1.54) is 0 Å². The Kier molecular flexibility index (Phi) is 3.51. The number of nitrogens with zero attached hydrogens (tertiary/aromatic N) is 4. The van der Waals surface area contributed by atoms with Crippen LogP contribution in [0.5, 0.6) is 0 Å². The summed E-state index contributed by atoms with van der Waals surface area (Å²) in [5.41, 5.74) is 0.301. The second-order valence-electron chi connectivity index (χ2n) is 4.42. The fourth-order valence-electron chi connectivity index (χ4n) is 2.15. The van der Waals surface area contributed by atoms with Crippen molar-refractivity contribution in [1.82, 2.24) is 9.88 Å². The maximum absolute atomic E-state index is 8.93. The van der Waals surface area contributed by atoms with Crippen molar-refractivity contribution in [2.75, 3.05) is 31.6 Å². The van der Waals surface area contributed by atoms with Crippen LogP contribution in [0.4, 0.5) is 5.82 Å². The van der Waals surface area contributed by atoms with E-state index in [9.17, 15) is 0 Å². The number of nitriles is 1. The van der Waals surface area contributed by atoms with E-state index < -0.39 is 0 Å². The van der Waals surface area contributed by atoms with Crippen LogP contribution in [-0.4, -0.2) is 42.6 Å². The average Bonchev–Trinajstić information content (AvgIpc) is 2.30. The van der Waals surface area contributed by atoms with Crippen molar-refractivity contribution in [1.29, 1.82) is 5.26 Å². The third-order valence-corrected chi connectivity index (χ3v) is 3.37. The number of rotatable bonds is 1. The normalized spacial score (nSPS) is 21.3. The van der Waals surface area contributed by atoms with Gasteiger partial charge in [-0.05, 0) is 26.1 Å². The number of piperazine rings is 1. The lowest BCUT2D eigenvalue weighted by Gasteiger charge is -2.39. The van der Waals surface area contributed by atoms with E-state index in [2.05, 4.69) is 28.8 Å². The lowest BCUT2D eigenvalue weighted by molar-refractivity contribution is 0.274. The molecule has 0 N–H and O–H groups in total. The van der Waals surface area contributed by atoms with Gasteiger partial charge in [-0.25, -0.2) is 4.98 Å². The van der Waals surface area contributed by atoms with Crippen LogP contribution in [0.3, 0.4) is 0 Å². The predicted molar refractivity (Wildman–Crippen MR) is 68.3 cm³/mol. The van der Waals surface area contributed by atoms with E-state index in [0.717, 1.165) is 25.5 Å². The van der Waals surface area contributed by atoms with Crippen molar-refractivity contribution in [2.24, 2.45) is 0 Å². The first-order valence-corrected chi connectivity index (χ1v) is 6.01. The molecule has 17 heavy (non-hydrogen) atoms. The topological polar surface area (TPSA) is 43.2 Å². The fourth-order valence-corrected chi connectivity index (χ4v) is 2.30. The van der Waals surface area contributed by atoms with E-state index in [0.29, 0.717) is 16.8 Å². The van der Waals surface area contributed by atoms with Crippen LogP contribution in [0.1, 0.15) is 12.6 Å². The molecule has 2 rings (SSSR count). The van der Waals surface area contributed by atoms with Crippen LogP contribution in [0, 0.1) is 11.3 Å². The summed E-state index contributed by atoms with van der Waals surface area (Å²) in [7, 11) is 2.11. The molecule has 1 aliphatic rings. The summed E-state index contributed by atoms with van der Waals surface area (Å²) >= 11 is 5.88. The van der Waals surface area contributed by atoms with E-state index in [1.807, 2.05) is 12.1 Å². The van der Waals surface area contributed by atoms with Gasteiger partial charge in [0.25, 0.3) is 0 Å². The quantitative estimate of drug-likeness (QED) is 0.762. The van der Waals surface area contributed by atoms with Crippen molar-refractivity contribution in [3.8, 4) is 6.07 Å². The van der Waals surface area contributed by atoms with Gasteiger partial charge in [0.2, 0.25) is 0 Å². The minimum atomic E-state index is 0.301. The van der Waals surface area contributed by atoms with Crippen LogP contribution in [0.15, 0.2) is 12.1 Å². The molecule has 1 saturated heterocycles. The van der Waals surface area contributed by atoms with Gasteiger partial charge < -0.3 is 9.80 Å². The summed E-state index contributed by atoms with van der Waals surface area (Å²) in [5.74, 6) is 0.839. The molecular formula is C12H15ClN4. The Labute approximate surface area is 106 Å². The Bertz CT molecular complexity index is 454. The number of pyridine rings is 1. The van der Waals surface area contributed by atoms with Gasteiger partial charge in [-0.15, -0.1) is 0 Å². The summed E-state index contributed by atoms with van der Waals surface area (Å²) < 4.78 is 0. The highest BCUT2D eigenvalue weighted by Crippen LogP contribution is 2.22. The molecule has 0 aromatic carbocycles. The largest absolute Gasteiger partial charge is 0.351 e. The van der Waals surface area contributed by atoms with E-state index in [-0.39, 0.29) is 0 Å². The molecule has 0 bridgehead atoms. The summed E-state index contributed by atoms with van der Waals surface area (Å²) in [6.07, 6.45) is 0. The van der Waals surface area contributed by atoms with Crippen LogP contribution in [0.2, 0.25) is 5.02 Å². The Morgan fingerprint density at radius 2 is 2.24 bits per heavy atom. The Morgan fingerprint density at radius 3 is 2.88 bits per heavy atom. The molecule has 1 atom stereocenters. The van der Waals surface area contributed by atoms with Crippen LogP contribution >= 0.6 is 11.6 Å². The van der Waals surface area contributed by atoms with Crippen LogP contribution in [-0.2, 0) is 0 Å². The van der Waals surface area contributed by atoms with Gasteiger partial charge in [0.1, 0.15) is 11.9 Å². The lowest BCUT2D eigenvalue weighted by atomic mass is 10.2. The van der Waals surface area contributed by atoms with Crippen LogP contribution in [0.25, 0.3) is 0 Å². The highest BCUT2D eigenvalue weighted by Gasteiger charge is 2.22. The van der Waals surface area contributed by atoms with Crippen molar-refractivity contribution >= 4 is 17.4 Å². The van der Waals surface area contributed by atoms with E-state index in [1.54, 1.807) is 6.07 Å². The molecule has 0 saturated carbocycles. The zero-order valence-electron chi connectivity index (χ0n) is 10.0. The number of anilines is 1. The van der Waals surface area contributed by atoms with Crippen LogP contribution < -0.4 is 4.90 Å². The third kappa shape index (κ3) is 2.51. The summed E-state index contributed by atoms with van der Waals surface area (Å²) in [4.78, 5) is 8.82. The molecule has 1 aliphatic heterocycles.